The van der Waals surface area contributed by atoms with Crippen molar-refractivity contribution < 1.29 is 30.3 Å². The fraction of sp³-hybridized carbons (Fsp3) is 1.00. The van der Waals surface area contributed by atoms with Crippen LogP contribution in [0.1, 0.15) is 0 Å². The van der Waals surface area contributed by atoms with E-state index in [4.69, 9.17) is 25.5 Å². The first-order valence-corrected chi connectivity index (χ1v) is 3.78. The first-order chi connectivity index (χ1) is 6.24. The molecule has 0 aromatic heterocycles. The van der Waals surface area contributed by atoms with Crippen LogP contribution in [0.15, 0.2) is 0 Å². The number of rotatable bonds is 4. The Bertz CT molecular complexity index is 42.2. The van der Waals surface area contributed by atoms with Crippen molar-refractivity contribution in [2.45, 2.75) is 0 Å². The number of methoxy groups -OCH3 is 1. The van der Waals surface area contributed by atoms with Crippen molar-refractivity contribution in [3.05, 3.63) is 0 Å². The molecule has 0 aromatic rings. The number of hydrogen-bond donors (Lipinski definition) is 5. The molecule has 0 heterocycles. The van der Waals surface area contributed by atoms with Gasteiger partial charge in [-0.1, -0.05) is 0 Å². The van der Waals surface area contributed by atoms with Crippen LogP contribution in [-0.4, -0.2) is 72.3 Å². The van der Waals surface area contributed by atoms with Gasteiger partial charge >= 0.3 is 0 Å². The predicted octanol–water partition coefficient (Wildman–Crippen LogP) is -2.43. The fourth-order valence-corrected chi connectivity index (χ4v) is 0.0913. The summed E-state index contributed by atoms with van der Waals surface area (Å²) in [5, 5.41) is 38.4. The molecule has 0 rings (SSSR count). The third-order valence-electron chi connectivity index (χ3n) is 0.495. The third-order valence-corrected chi connectivity index (χ3v) is 0.495. The summed E-state index contributed by atoms with van der Waals surface area (Å²) >= 11 is 0. The lowest BCUT2D eigenvalue weighted by Gasteiger charge is -1.84. The number of ether oxygens (including phenoxy) is 1. The van der Waals surface area contributed by atoms with Crippen molar-refractivity contribution in [2.24, 2.45) is 0 Å². The minimum Gasteiger partial charge on any atom is -0.394 e. The van der Waals surface area contributed by atoms with Crippen LogP contribution in [0.25, 0.3) is 0 Å². The quantitative estimate of drug-likeness (QED) is 0.345. The van der Waals surface area contributed by atoms with E-state index >= 15 is 0 Å². The molecule has 0 aliphatic rings. The number of aliphatic hydroxyl groups is 5. The molecule has 0 saturated heterocycles. The molecule has 0 aliphatic carbocycles. The Balaban J connectivity index is -0.000000117. The molecule has 0 saturated carbocycles. The van der Waals surface area contributed by atoms with Crippen molar-refractivity contribution in [1.29, 1.82) is 0 Å². The lowest BCUT2D eigenvalue weighted by Crippen LogP contribution is -1.91. The van der Waals surface area contributed by atoms with Crippen molar-refractivity contribution >= 4 is 0 Å². The smallest absolute Gasteiger partial charge is 0.0693 e. The molecular formula is C7H20O6. The highest BCUT2D eigenvalue weighted by molar-refractivity contribution is 4.13. The second kappa shape index (κ2) is 29.8. The van der Waals surface area contributed by atoms with E-state index in [1.165, 1.54) is 0 Å². The maximum Gasteiger partial charge on any atom is 0.0693 e. The van der Waals surface area contributed by atoms with Gasteiger partial charge < -0.3 is 30.3 Å². The summed E-state index contributed by atoms with van der Waals surface area (Å²) in [6.07, 6.45) is 0. The zero-order valence-corrected chi connectivity index (χ0v) is 7.89. The fourth-order valence-electron chi connectivity index (χ4n) is 0.0913. The average molecular weight is 200 g/mol. The number of aliphatic hydroxyl groups excluding tert-OH is 5. The maximum absolute atomic E-state index is 7.94. The van der Waals surface area contributed by atoms with Gasteiger partial charge in [0, 0.05) is 7.11 Å². The van der Waals surface area contributed by atoms with Crippen LogP contribution in [0.3, 0.4) is 0 Å². The molecule has 0 spiro atoms. The van der Waals surface area contributed by atoms with Crippen LogP contribution in [-0.2, 0) is 4.74 Å². The molecule has 84 valence electrons. The molecule has 13 heavy (non-hydrogen) atoms. The molecule has 0 unspecified atom stereocenters. The highest BCUT2D eigenvalue weighted by Crippen LogP contribution is 1.56. The Kier molecular flexibility index (Phi) is 42.5. The highest BCUT2D eigenvalue weighted by atomic mass is 16.5. The Morgan fingerprint density at radius 1 is 0.692 bits per heavy atom. The minimum atomic E-state index is -0.125. The van der Waals surface area contributed by atoms with Gasteiger partial charge in [0.05, 0.1) is 39.6 Å². The van der Waals surface area contributed by atoms with E-state index in [1.807, 2.05) is 0 Å². The predicted molar refractivity (Wildman–Crippen MR) is 47.3 cm³/mol. The zero-order chi connectivity index (χ0) is 10.9. The highest BCUT2D eigenvalue weighted by Gasteiger charge is 1.67. The van der Waals surface area contributed by atoms with Crippen LogP contribution >= 0.6 is 0 Å². The van der Waals surface area contributed by atoms with Crippen LogP contribution in [0, 0.1) is 0 Å². The summed E-state index contributed by atoms with van der Waals surface area (Å²) in [6, 6.07) is 0. The van der Waals surface area contributed by atoms with E-state index in [0.717, 1.165) is 0 Å². The lowest BCUT2D eigenvalue weighted by atomic mass is 10.8. The van der Waals surface area contributed by atoms with E-state index < -0.39 is 0 Å². The summed E-state index contributed by atoms with van der Waals surface area (Å²) in [7, 11) is 1.55. The van der Waals surface area contributed by atoms with Gasteiger partial charge in [-0.15, -0.1) is 0 Å². The largest absolute Gasteiger partial charge is 0.394 e. The van der Waals surface area contributed by atoms with Crippen molar-refractivity contribution in [1.82, 2.24) is 0 Å². The molecule has 6 heteroatoms. The van der Waals surface area contributed by atoms with Gasteiger partial charge in [0.15, 0.2) is 0 Å². The zero-order valence-electron chi connectivity index (χ0n) is 7.89. The van der Waals surface area contributed by atoms with Crippen LogP contribution in [0.5, 0.6) is 0 Å². The Labute approximate surface area is 78.0 Å². The van der Waals surface area contributed by atoms with Gasteiger partial charge in [-0.3, -0.25) is 0 Å². The summed E-state index contributed by atoms with van der Waals surface area (Å²) in [5.41, 5.74) is 0. The molecule has 5 N–H and O–H groups in total. The average Bonchev–Trinajstić information content (AvgIpc) is 2.20. The second-order valence-electron chi connectivity index (χ2n) is 1.61. The molecule has 0 atom stereocenters. The third kappa shape index (κ3) is 79.2. The Hall–Kier alpha value is -0.240. The first-order valence-electron chi connectivity index (χ1n) is 3.78. The van der Waals surface area contributed by atoms with Crippen LogP contribution in [0.4, 0.5) is 0 Å². The minimum absolute atomic E-state index is 0.122. The van der Waals surface area contributed by atoms with Gasteiger partial charge in [-0.05, 0) is 0 Å². The number of hydrogen-bond acceptors (Lipinski definition) is 6. The first kappa shape index (κ1) is 18.5. The van der Waals surface area contributed by atoms with Gasteiger partial charge in [-0.2, -0.15) is 0 Å². The van der Waals surface area contributed by atoms with E-state index in [9.17, 15) is 0 Å². The van der Waals surface area contributed by atoms with E-state index in [2.05, 4.69) is 4.74 Å². The van der Waals surface area contributed by atoms with Gasteiger partial charge in [0.1, 0.15) is 0 Å². The normalized spacial score (nSPS) is 7.85. The Morgan fingerprint density at radius 2 is 1.00 bits per heavy atom. The molecule has 0 bridgehead atoms. The summed E-state index contributed by atoms with van der Waals surface area (Å²) in [5.74, 6) is 0. The van der Waals surface area contributed by atoms with E-state index in [0.29, 0.717) is 6.61 Å². The Morgan fingerprint density at radius 3 is 1.00 bits per heavy atom. The van der Waals surface area contributed by atoms with Crippen molar-refractivity contribution in [2.75, 3.05) is 46.8 Å². The molecule has 6 nitrogen and oxygen atoms in total. The maximum atomic E-state index is 7.94. The molecule has 0 aromatic carbocycles. The van der Waals surface area contributed by atoms with Crippen molar-refractivity contribution in [3.63, 3.8) is 0 Å². The SMILES string of the molecule is COCCO.OCCO.OCCO. The second-order valence-corrected chi connectivity index (χ2v) is 1.61. The van der Waals surface area contributed by atoms with Gasteiger partial charge in [0.25, 0.3) is 0 Å². The van der Waals surface area contributed by atoms with E-state index in [1.54, 1.807) is 7.11 Å². The molecule has 0 aliphatic heterocycles. The summed E-state index contributed by atoms with van der Waals surface area (Å²) in [4.78, 5) is 0. The summed E-state index contributed by atoms with van der Waals surface area (Å²) in [6.45, 7) is 0.0660. The van der Waals surface area contributed by atoms with Crippen LogP contribution < -0.4 is 0 Å². The van der Waals surface area contributed by atoms with Gasteiger partial charge in [0.2, 0.25) is 0 Å². The topological polar surface area (TPSA) is 110 Å². The molecule has 0 radical (unpaired) electrons. The molecule has 0 amide bonds. The molecular weight excluding hydrogens is 180 g/mol. The van der Waals surface area contributed by atoms with Gasteiger partial charge in [-0.25, -0.2) is 0 Å². The monoisotopic (exact) mass is 200 g/mol. The summed E-state index contributed by atoms with van der Waals surface area (Å²) < 4.78 is 4.44. The van der Waals surface area contributed by atoms with E-state index in [-0.39, 0.29) is 33.0 Å². The standard InChI is InChI=1S/C3H8O2.2C2H6O2/c1-5-3-2-4;2*3-1-2-4/h4H,2-3H2,1H3;2*3-4H,1-2H2. The molecule has 0 fully saturated rings. The van der Waals surface area contributed by atoms with Crippen LogP contribution in [0.2, 0.25) is 0 Å². The van der Waals surface area contributed by atoms with Crippen molar-refractivity contribution in [3.8, 4) is 0 Å². The lowest BCUT2D eigenvalue weighted by molar-refractivity contribution is 0.135.